The summed E-state index contributed by atoms with van der Waals surface area (Å²) in [6, 6.07) is 7.92. The molecule has 1 unspecified atom stereocenters. The molecule has 20 heavy (non-hydrogen) atoms. The van der Waals surface area contributed by atoms with Gasteiger partial charge in [0.05, 0.1) is 11.9 Å². The number of sulfone groups is 1. The van der Waals surface area contributed by atoms with Crippen molar-refractivity contribution in [3.8, 4) is 0 Å². The van der Waals surface area contributed by atoms with Crippen molar-refractivity contribution in [1.29, 1.82) is 0 Å². The Balaban J connectivity index is 2.58. The third-order valence-corrected chi connectivity index (χ3v) is 5.32. The molecule has 0 aliphatic carbocycles. The summed E-state index contributed by atoms with van der Waals surface area (Å²) in [5.41, 5.74) is 2.17. The summed E-state index contributed by atoms with van der Waals surface area (Å²) in [7, 11) is -2.93. The minimum atomic E-state index is -2.93. The molecule has 114 valence electrons. The average molecular weight is 298 g/mol. The van der Waals surface area contributed by atoms with Crippen LogP contribution in [-0.4, -0.2) is 25.0 Å². The van der Waals surface area contributed by atoms with Gasteiger partial charge >= 0.3 is 0 Å². The van der Waals surface area contributed by atoms with E-state index < -0.39 is 15.9 Å². The van der Waals surface area contributed by atoms with E-state index in [4.69, 9.17) is 0 Å². The van der Waals surface area contributed by atoms with E-state index in [2.05, 4.69) is 20.8 Å². The van der Waals surface area contributed by atoms with Gasteiger partial charge in [0.1, 0.15) is 9.84 Å². The van der Waals surface area contributed by atoms with E-state index in [0.29, 0.717) is 12.8 Å². The molecule has 0 heterocycles. The van der Waals surface area contributed by atoms with Crippen LogP contribution in [0.3, 0.4) is 0 Å². The first-order chi connectivity index (χ1) is 9.15. The van der Waals surface area contributed by atoms with Crippen LogP contribution in [0.15, 0.2) is 24.3 Å². The van der Waals surface area contributed by atoms with Crippen molar-refractivity contribution in [2.75, 3.05) is 11.5 Å². The van der Waals surface area contributed by atoms with Gasteiger partial charge < -0.3 is 5.11 Å². The molecule has 0 spiro atoms. The van der Waals surface area contributed by atoms with E-state index in [9.17, 15) is 13.5 Å². The summed E-state index contributed by atoms with van der Waals surface area (Å²) in [5.74, 6) is 0.323. The van der Waals surface area contributed by atoms with Crippen LogP contribution in [0, 0.1) is 0 Å². The summed E-state index contributed by atoms with van der Waals surface area (Å²) in [4.78, 5) is 0. The molecule has 1 N–H and O–H groups in total. The first kappa shape index (κ1) is 17.2. The van der Waals surface area contributed by atoms with Crippen LogP contribution < -0.4 is 0 Å². The molecule has 0 bridgehead atoms. The largest absolute Gasteiger partial charge is 0.388 e. The molecule has 1 aromatic rings. The van der Waals surface area contributed by atoms with Crippen molar-refractivity contribution in [3.05, 3.63) is 35.4 Å². The van der Waals surface area contributed by atoms with Crippen LogP contribution in [-0.2, 0) is 15.3 Å². The molecule has 0 radical (unpaired) electrons. The molecule has 0 aliphatic rings. The Labute approximate surface area is 123 Å². The van der Waals surface area contributed by atoms with Crippen LogP contribution in [0.1, 0.15) is 57.8 Å². The summed E-state index contributed by atoms with van der Waals surface area (Å²) in [6.07, 6.45) is 0.392. The van der Waals surface area contributed by atoms with Gasteiger partial charge in [-0.05, 0) is 29.4 Å². The van der Waals surface area contributed by atoms with Crippen molar-refractivity contribution >= 4 is 9.84 Å². The highest BCUT2D eigenvalue weighted by Gasteiger charge is 2.15. The smallest absolute Gasteiger partial charge is 0.150 e. The van der Waals surface area contributed by atoms with Crippen LogP contribution in [0.5, 0.6) is 0 Å². The maximum atomic E-state index is 11.4. The Kier molecular flexibility index (Phi) is 5.78. The van der Waals surface area contributed by atoms with E-state index in [1.165, 1.54) is 5.56 Å². The van der Waals surface area contributed by atoms with Crippen LogP contribution in [0.25, 0.3) is 0 Å². The Morgan fingerprint density at radius 1 is 1.15 bits per heavy atom. The average Bonchev–Trinajstić information content (AvgIpc) is 2.37. The Morgan fingerprint density at radius 3 is 2.15 bits per heavy atom. The molecule has 1 atom stereocenters. The molecule has 0 saturated heterocycles. The summed E-state index contributed by atoms with van der Waals surface area (Å²) in [5, 5.41) is 10.1. The maximum Gasteiger partial charge on any atom is 0.150 e. The van der Waals surface area contributed by atoms with Crippen LogP contribution in [0.2, 0.25) is 0 Å². The fraction of sp³-hybridized carbons (Fsp3) is 0.625. The summed E-state index contributed by atoms with van der Waals surface area (Å²) < 4.78 is 22.8. The topological polar surface area (TPSA) is 54.4 Å². The van der Waals surface area contributed by atoms with Gasteiger partial charge in [-0.3, -0.25) is 0 Å². The Hall–Kier alpha value is -0.870. The predicted molar refractivity (Wildman–Crippen MR) is 83.7 cm³/mol. The van der Waals surface area contributed by atoms with Gasteiger partial charge in [-0.2, -0.15) is 0 Å². The Bertz CT molecular complexity index is 510. The van der Waals surface area contributed by atoms with Crippen molar-refractivity contribution in [2.45, 2.75) is 52.1 Å². The zero-order chi connectivity index (χ0) is 15.4. The minimum Gasteiger partial charge on any atom is -0.388 e. The fourth-order valence-electron chi connectivity index (χ4n) is 2.01. The molecule has 0 aromatic heterocycles. The molecule has 0 aliphatic heterocycles. The van der Waals surface area contributed by atoms with Crippen LogP contribution >= 0.6 is 0 Å². The number of hydrogen-bond acceptors (Lipinski definition) is 3. The number of benzene rings is 1. The number of rotatable bonds is 6. The van der Waals surface area contributed by atoms with E-state index >= 15 is 0 Å². The van der Waals surface area contributed by atoms with Gasteiger partial charge in [0.25, 0.3) is 0 Å². The molecule has 0 saturated carbocycles. The first-order valence-electron chi connectivity index (χ1n) is 7.14. The predicted octanol–water partition coefficient (Wildman–Crippen LogP) is 3.23. The highest BCUT2D eigenvalue weighted by Crippen LogP contribution is 2.25. The molecular formula is C16H26O3S. The van der Waals surface area contributed by atoms with Crippen molar-refractivity contribution < 1.29 is 13.5 Å². The number of aliphatic hydroxyl groups is 1. The lowest BCUT2D eigenvalue weighted by atomic mass is 9.86. The summed E-state index contributed by atoms with van der Waals surface area (Å²) >= 11 is 0. The number of hydrogen-bond donors (Lipinski definition) is 1. The SMILES string of the molecule is CCS(=O)(=O)CCCC(O)c1ccc(C(C)(C)C)cc1. The molecule has 1 aromatic carbocycles. The minimum absolute atomic E-state index is 0.0959. The zero-order valence-electron chi connectivity index (χ0n) is 12.9. The molecular weight excluding hydrogens is 272 g/mol. The molecule has 3 nitrogen and oxygen atoms in total. The molecule has 0 amide bonds. The van der Waals surface area contributed by atoms with E-state index in [1.54, 1.807) is 6.92 Å². The van der Waals surface area contributed by atoms with E-state index in [1.807, 2.05) is 24.3 Å². The fourth-order valence-corrected chi connectivity index (χ4v) is 2.91. The lowest BCUT2D eigenvalue weighted by molar-refractivity contribution is 0.166. The Morgan fingerprint density at radius 2 is 1.70 bits per heavy atom. The number of aliphatic hydroxyl groups excluding tert-OH is 1. The van der Waals surface area contributed by atoms with Gasteiger partial charge in [0, 0.05) is 5.75 Å². The highest BCUT2D eigenvalue weighted by atomic mass is 32.2. The molecule has 1 rings (SSSR count). The van der Waals surface area contributed by atoms with Gasteiger partial charge in [0.15, 0.2) is 0 Å². The quantitative estimate of drug-likeness (QED) is 0.877. The maximum absolute atomic E-state index is 11.4. The monoisotopic (exact) mass is 298 g/mol. The van der Waals surface area contributed by atoms with Crippen molar-refractivity contribution in [2.24, 2.45) is 0 Å². The van der Waals surface area contributed by atoms with E-state index in [-0.39, 0.29) is 16.9 Å². The van der Waals surface area contributed by atoms with Gasteiger partial charge in [0.2, 0.25) is 0 Å². The first-order valence-corrected chi connectivity index (χ1v) is 8.97. The van der Waals surface area contributed by atoms with Crippen molar-refractivity contribution in [1.82, 2.24) is 0 Å². The second-order valence-corrected chi connectivity index (χ2v) is 8.74. The normalized spacial score (nSPS) is 14.2. The second-order valence-electron chi connectivity index (χ2n) is 6.27. The molecule has 0 fully saturated rings. The van der Waals surface area contributed by atoms with Gasteiger partial charge in [-0.15, -0.1) is 0 Å². The third kappa shape index (κ3) is 5.25. The highest BCUT2D eigenvalue weighted by molar-refractivity contribution is 7.91. The standard InChI is InChI=1S/C16H26O3S/c1-5-20(18,19)12-6-7-15(17)13-8-10-14(11-9-13)16(2,3)4/h8-11,15,17H,5-7,12H2,1-4H3. The van der Waals surface area contributed by atoms with Crippen molar-refractivity contribution in [3.63, 3.8) is 0 Å². The molecule has 4 heteroatoms. The van der Waals surface area contributed by atoms with E-state index in [0.717, 1.165) is 5.56 Å². The lowest BCUT2D eigenvalue weighted by Gasteiger charge is -2.20. The van der Waals surface area contributed by atoms with Crippen LogP contribution in [0.4, 0.5) is 0 Å². The third-order valence-electron chi connectivity index (χ3n) is 3.53. The van der Waals surface area contributed by atoms with Gasteiger partial charge in [-0.25, -0.2) is 8.42 Å². The second kappa shape index (κ2) is 6.72. The zero-order valence-corrected chi connectivity index (χ0v) is 13.7. The van der Waals surface area contributed by atoms with Gasteiger partial charge in [-0.1, -0.05) is 52.0 Å². The summed E-state index contributed by atoms with van der Waals surface area (Å²) in [6.45, 7) is 8.09. The lowest BCUT2D eigenvalue weighted by Crippen LogP contribution is -2.12.